The predicted octanol–water partition coefficient (Wildman–Crippen LogP) is 6.15. The second-order valence-electron chi connectivity index (χ2n) is 8.32. The Morgan fingerprint density at radius 3 is 1.97 bits per heavy atom. The molecule has 4 heteroatoms. The molecule has 1 heterocycles. The molecule has 1 aromatic heterocycles. The Balaban J connectivity index is 1.61. The van der Waals surface area contributed by atoms with Gasteiger partial charge in [-0.2, -0.15) is 0 Å². The van der Waals surface area contributed by atoms with Crippen LogP contribution in [0.15, 0.2) is 101 Å². The Bertz CT molecular complexity index is 1200. The van der Waals surface area contributed by atoms with E-state index >= 15 is 0 Å². The highest BCUT2D eigenvalue weighted by molar-refractivity contribution is 5.99. The van der Waals surface area contributed by atoms with Gasteiger partial charge in [0, 0.05) is 23.9 Å². The Morgan fingerprint density at radius 2 is 1.42 bits per heavy atom. The van der Waals surface area contributed by atoms with E-state index in [9.17, 15) is 4.79 Å². The summed E-state index contributed by atoms with van der Waals surface area (Å²) in [6.07, 6.45) is 2.65. The van der Waals surface area contributed by atoms with Crippen LogP contribution in [0, 0.1) is 0 Å². The van der Waals surface area contributed by atoms with Gasteiger partial charge in [-0.15, -0.1) is 0 Å². The average Bonchev–Trinajstić information content (AvgIpc) is 3.19. The number of para-hydroxylation sites is 1. The summed E-state index contributed by atoms with van der Waals surface area (Å²) in [5.41, 5.74) is 5.84. The summed E-state index contributed by atoms with van der Waals surface area (Å²) < 4.78 is 1.64. The van der Waals surface area contributed by atoms with E-state index < -0.39 is 0 Å². The molecule has 33 heavy (non-hydrogen) atoms. The third kappa shape index (κ3) is 5.23. The van der Waals surface area contributed by atoms with Gasteiger partial charge in [0.05, 0.1) is 11.3 Å². The maximum absolute atomic E-state index is 13.3. The smallest absolute Gasteiger partial charge is 0.280 e. The van der Waals surface area contributed by atoms with Crippen molar-refractivity contribution in [2.45, 2.75) is 39.0 Å². The van der Waals surface area contributed by atoms with Crippen LogP contribution in [0.1, 0.15) is 55.0 Å². The first-order valence-corrected chi connectivity index (χ1v) is 11.7. The molecule has 4 aromatic rings. The second kappa shape index (κ2) is 10.8. The minimum absolute atomic E-state index is 0.0337. The first kappa shape index (κ1) is 22.5. The fourth-order valence-corrected chi connectivity index (χ4v) is 4.38. The summed E-state index contributed by atoms with van der Waals surface area (Å²) in [5, 5.41) is 3.32. The zero-order chi connectivity index (χ0) is 23.0. The van der Waals surface area contributed by atoms with Crippen LogP contribution in [0.4, 0.5) is 0 Å². The van der Waals surface area contributed by atoms with E-state index in [4.69, 9.17) is 4.99 Å². The Hall–Kier alpha value is -3.66. The molecule has 0 saturated carbocycles. The van der Waals surface area contributed by atoms with Gasteiger partial charge in [-0.25, -0.2) is 4.68 Å². The van der Waals surface area contributed by atoms with E-state index in [-0.39, 0.29) is 11.5 Å². The van der Waals surface area contributed by atoms with Crippen molar-refractivity contribution >= 4 is 5.71 Å². The Morgan fingerprint density at radius 1 is 0.879 bits per heavy atom. The molecule has 0 unspecified atom stereocenters. The van der Waals surface area contributed by atoms with Crippen LogP contribution in [-0.4, -0.2) is 22.0 Å². The number of H-pyrrole nitrogens is 1. The number of nitrogens with one attached hydrogen (secondary N) is 1. The number of hydrogen-bond acceptors (Lipinski definition) is 2. The minimum atomic E-state index is -0.0337. The van der Waals surface area contributed by atoms with Crippen molar-refractivity contribution in [3.05, 3.63) is 124 Å². The first-order chi connectivity index (χ1) is 16.2. The van der Waals surface area contributed by atoms with Crippen molar-refractivity contribution in [1.82, 2.24) is 9.78 Å². The highest BCUT2D eigenvalue weighted by Crippen LogP contribution is 2.28. The van der Waals surface area contributed by atoms with Gasteiger partial charge in [-0.05, 0) is 43.0 Å². The summed E-state index contributed by atoms with van der Waals surface area (Å²) in [5.74, 6) is 0.270. The van der Waals surface area contributed by atoms with Crippen LogP contribution >= 0.6 is 0 Å². The predicted molar refractivity (Wildman–Crippen MR) is 137 cm³/mol. The van der Waals surface area contributed by atoms with Gasteiger partial charge in [0.15, 0.2) is 0 Å². The topological polar surface area (TPSA) is 50.1 Å². The molecule has 0 aliphatic heterocycles. The van der Waals surface area contributed by atoms with Crippen LogP contribution in [0.2, 0.25) is 0 Å². The molecule has 0 bridgehead atoms. The number of aromatic amines is 1. The average molecular weight is 438 g/mol. The molecular formula is C29H31N3O. The Labute approximate surface area is 195 Å². The summed E-state index contributed by atoms with van der Waals surface area (Å²) in [7, 11) is 0. The van der Waals surface area contributed by atoms with Crippen molar-refractivity contribution in [2.24, 2.45) is 4.99 Å². The highest BCUT2D eigenvalue weighted by atomic mass is 16.1. The third-order valence-corrected chi connectivity index (χ3v) is 6.01. The molecule has 0 aliphatic rings. The lowest BCUT2D eigenvalue weighted by molar-refractivity contribution is 0.727. The second-order valence-corrected chi connectivity index (χ2v) is 8.32. The van der Waals surface area contributed by atoms with E-state index in [1.165, 1.54) is 11.1 Å². The normalized spacial score (nSPS) is 11.8. The SMILES string of the molecule is CCCc1[nH]n(-c2ccccc2)c(=O)c1C(C)=NCCC(c1ccccc1)c1ccccc1. The quantitative estimate of drug-likeness (QED) is 0.314. The molecule has 1 N–H and O–H groups in total. The van der Waals surface area contributed by atoms with Crippen molar-refractivity contribution in [3.63, 3.8) is 0 Å². The highest BCUT2D eigenvalue weighted by Gasteiger charge is 2.18. The third-order valence-electron chi connectivity index (χ3n) is 6.01. The monoisotopic (exact) mass is 437 g/mol. The molecular weight excluding hydrogens is 406 g/mol. The molecule has 0 radical (unpaired) electrons. The number of aromatic nitrogens is 2. The largest absolute Gasteiger partial charge is 0.294 e. The number of hydrogen-bond donors (Lipinski definition) is 1. The summed E-state index contributed by atoms with van der Waals surface area (Å²) >= 11 is 0. The van der Waals surface area contributed by atoms with E-state index in [0.717, 1.165) is 36.4 Å². The van der Waals surface area contributed by atoms with Gasteiger partial charge >= 0.3 is 0 Å². The van der Waals surface area contributed by atoms with E-state index in [1.807, 2.05) is 49.4 Å². The number of benzene rings is 3. The van der Waals surface area contributed by atoms with Crippen molar-refractivity contribution in [3.8, 4) is 5.69 Å². The molecule has 4 nitrogen and oxygen atoms in total. The Kier molecular flexibility index (Phi) is 7.36. The van der Waals surface area contributed by atoms with Gasteiger partial charge in [-0.1, -0.05) is 92.2 Å². The molecule has 0 spiro atoms. The van der Waals surface area contributed by atoms with Crippen LogP contribution in [0.25, 0.3) is 5.69 Å². The zero-order valence-corrected chi connectivity index (χ0v) is 19.4. The summed E-state index contributed by atoms with van der Waals surface area (Å²) in [6.45, 7) is 4.74. The van der Waals surface area contributed by atoms with Gasteiger partial charge in [0.25, 0.3) is 5.56 Å². The fourth-order valence-electron chi connectivity index (χ4n) is 4.38. The van der Waals surface area contributed by atoms with Crippen molar-refractivity contribution in [2.75, 3.05) is 6.54 Å². The maximum Gasteiger partial charge on any atom is 0.280 e. The molecule has 168 valence electrons. The molecule has 0 atom stereocenters. The van der Waals surface area contributed by atoms with Gasteiger partial charge in [0.1, 0.15) is 0 Å². The van der Waals surface area contributed by atoms with Crippen molar-refractivity contribution in [1.29, 1.82) is 0 Å². The van der Waals surface area contributed by atoms with Crippen LogP contribution in [0.3, 0.4) is 0 Å². The van der Waals surface area contributed by atoms with E-state index in [1.54, 1.807) is 4.68 Å². The van der Waals surface area contributed by atoms with E-state index in [2.05, 4.69) is 60.6 Å². The number of rotatable bonds is 9. The van der Waals surface area contributed by atoms with Crippen LogP contribution < -0.4 is 5.56 Å². The molecule has 3 aromatic carbocycles. The zero-order valence-electron chi connectivity index (χ0n) is 19.4. The number of aliphatic imine (C=N–C) groups is 1. The lowest BCUT2D eigenvalue weighted by atomic mass is 9.88. The van der Waals surface area contributed by atoms with Crippen LogP contribution in [-0.2, 0) is 6.42 Å². The molecule has 0 aliphatic carbocycles. The lowest BCUT2D eigenvalue weighted by Crippen LogP contribution is -2.20. The minimum Gasteiger partial charge on any atom is -0.294 e. The van der Waals surface area contributed by atoms with Gasteiger partial charge < -0.3 is 0 Å². The molecule has 0 saturated heterocycles. The van der Waals surface area contributed by atoms with Crippen LogP contribution in [0.5, 0.6) is 0 Å². The molecule has 0 amide bonds. The first-order valence-electron chi connectivity index (χ1n) is 11.7. The maximum atomic E-state index is 13.3. The van der Waals surface area contributed by atoms with Gasteiger partial charge in [-0.3, -0.25) is 14.9 Å². The number of nitrogens with zero attached hydrogens (tertiary/aromatic N) is 2. The fraction of sp³-hybridized carbons (Fsp3) is 0.241. The van der Waals surface area contributed by atoms with E-state index in [0.29, 0.717) is 12.1 Å². The summed E-state index contributed by atoms with van der Waals surface area (Å²) in [6, 6.07) is 30.9. The standard InChI is InChI=1S/C29H31N3O/c1-3-13-27-28(29(33)32(31-27)25-18-11-6-12-19-25)22(2)30-21-20-26(23-14-7-4-8-15-23)24-16-9-5-10-17-24/h4-12,14-19,26,31H,3,13,20-21H2,1-2H3. The van der Waals surface area contributed by atoms with Gasteiger partial charge in [0.2, 0.25) is 0 Å². The molecule has 0 fully saturated rings. The lowest BCUT2D eigenvalue weighted by Gasteiger charge is -2.17. The number of aryl methyl sites for hydroxylation is 1. The molecule has 4 rings (SSSR count). The van der Waals surface area contributed by atoms with Crippen molar-refractivity contribution < 1.29 is 0 Å². The summed E-state index contributed by atoms with van der Waals surface area (Å²) in [4.78, 5) is 18.2.